The van der Waals surface area contributed by atoms with Crippen molar-refractivity contribution in [1.82, 2.24) is 10.2 Å². The third-order valence-electron chi connectivity index (χ3n) is 3.54. The Hall–Kier alpha value is -2.82. The summed E-state index contributed by atoms with van der Waals surface area (Å²) >= 11 is 0. The molecular formula is C17H17N3O2. The number of H-pyrrole nitrogens is 1. The number of ether oxygens (including phenoxy) is 1. The van der Waals surface area contributed by atoms with Crippen LogP contribution >= 0.6 is 0 Å². The number of anilines is 1. The highest BCUT2D eigenvalue weighted by atomic mass is 16.5. The number of nitrogens with one attached hydrogen (secondary N) is 2. The summed E-state index contributed by atoms with van der Waals surface area (Å²) in [5.74, 6) is 1.34. The van der Waals surface area contributed by atoms with E-state index in [1.807, 2.05) is 49.4 Å². The van der Waals surface area contributed by atoms with E-state index in [4.69, 9.17) is 4.74 Å². The molecule has 5 nitrogen and oxygen atoms in total. The molecule has 0 radical (unpaired) electrons. The van der Waals surface area contributed by atoms with Crippen LogP contribution in [0.5, 0.6) is 5.75 Å². The van der Waals surface area contributed by atoms with E-state index in [0.717, 1.165) is 27.8 Å². The van der Waals surface area contributed by atoms with E-state index < -0.39 is 0 Å². The number of carbonyl (C=O) groups excluding carboxylic acids is 1. The average Bonchev–Trinajstić information content (AvgIpc) is 2.97. The number of hydrogen-bond acceptors (Lipinski definition) is 3. The summed E-state index contributed by atoms with van der Waals surface area (Å²) in [7, 11) is 1.65. The zero-order valence-corrected chi connectivity index (χ0v) is 12.5. The Bertz CT molecular complexity index is 824. The molecular weight excluding hydrogens is 278 g/mol. The molecule has 1 heterocycles. The van der Waals surface area contributed by atoms with Gasteiger partial charge in [0.2, 0.25) is 5.91 Å². The maximum atomic E-state index is 11.5. The number of amides is 1. The number of carbonyl (C=O) groups is 1. The normalized spacial score (nSPS) is 10.6. The molecule has 2 N–H and O–H groups in total. The predicted octanol–water partition coefficient (Wildman–Crippen LogP) is 3.59. The zero-order valence-electron chi connectivity index (χ0n) is 12.5. The van der Waals surface area contributed by atoms with Crippen molar-refractivity contribution in [3.8, 4) is 16.9 Å². The minimum Gasteiger partial charge on any atom is -0.497 e. The van der Waals surface area contributed by atoms with Gasteiger partial charge in [0.25, 0.3) is 0 Å². The van der Waals surface area contributed by atoms with E-state index in [1.54, 1.807) is 7.11 Å². The largest absolute Gasteiger partial charge is 0.497 e. The fourth-order valence-corrected chi connectivity index (χ4v) is 2.32. The minimum atomic E-state index is -0.0507. The molecule has 0 unspecified atom stereocenters. The van der Waals surface area contributed by atoms with E-state index in [0.29, 0.717) is 12.2 Å². The van der Waals surface area contributed by atoms with Crippen LogP contribution in [0.4, 0.5) is 5.82 Å². The van der Waals surface area contributed by atoms with Crippen LogP contribution in [0.15, 0.2) is 42.5 Å². The Balaban J connectivity index is 1.98. The van der Waals surface area contributed by atoms with Gasteiger partial charge < -0.3 is 10.1 Å². The molecule has 0 aliphatic heterocycles. The van der Waals surface area contributed by atoms with Gasteiger partial charge in [0, 0.05) is 11.8 Å². The zero-order chi connectivity index (χ0) is 15.5. The Morgan fingerprint density at radius 1 is 1.23 bits per heavy atom. The lowest BCUT2D eigenvalue weighted by Gasteiger charge is -2.05. The third-order valence-corrected chi connectivity index (χ3v) is 3.54. The average molecular weight is 295 g/mol. The van der Waals surface area contributed by atoms with Gasteiger partial charge in [-0.1, -0.05) is 25.1 Å². The maximum Gasteiger partial charge on any atom is 0.225 e. The van der Waals surface area contributed by atoms with Crippen molar-refractivity contribution < 1.29 is 9.53 Å². The van der Waals surface area contributed by atoms with E-state index in [9.17, 15) is 4.79 Å². The molecule has 0 fully saturated rings. The van der Waals surface area contributed by atoms with Crippen LogP contribution in [-0.2, 0) is 4.79 Å². The van der Waals surface area contributed by atoms with Gasteiger partial charge in [0.1, 0.15) is 5.75 Å². The molecule has 0 atom stereocenters. The summed E-state index contributed by atoms with van der Waals surface area (Å²) < 4.78 is 5.26. The minimum absolute atomic E-state index is 0.0507. The van der Waals surface area contributed by atoms with E-state index in [2.05, 4.69) is 15.5 Å². The van der Waals surface area contributed by atoms with Gasteiger partial charge >= 0.3 is 0 Å². The molecule has 0 saturated heterocycles. The van der Waals surface area contributed by atoms with E-state index in [1.165, 1.54) is 0 Å². The second-order valence-corrected chi connectivity index (χ2v) is 4.97. The van der Waals surface area contributed by atoms with Gasteiger partial charge in [0.05, 0.1) is 12.6 Å². The molecule has 3 rings (SSSR count). The van der Waals surface area contributed by atoms with Crippen LogP contribution in [0.3, 0.4) is 0 Å². The van der Waals surface area contributed by atoms with Gasteiger partial charge in [-0.25, -0.2) is 0 Å². The van der Waals surface area contributed by atoms with Crippen molar-refractivity contribution in [1.29, 1.82) is 0 Å². The number of aromatic nitrogens is 2. The molecule has 1 amide bonds. The van der Waals surface area contributed by atoms with Gasteiger partial charge in [-0.15, -0.1) is 0 Å². The number of methoxy groups -OCH3 is 1. The van der Waals surface area contributed by atoms with Gasteiger partial charge in [-0.05, 0) is 35.4 Å². The highest BCUT2D eigenvalue weighted by Gasteiger charge is 2.09. The van der Waals surface area contributed by atoms with Gasteiger partial charge in [-0.3, -0.25) is 9.89 Å². The molecule has 0 saturated carbocycles. The highest BCUT2D eigenvalue weighted by Crippen LogP contribution is 2.28. The lowest BCUT2D eigenvalue weighted by atomic mass is 10.0. The molecule has 3 aromatic rings. The number of nitrogens with zero attached hydrogens (tertiary/aromatic N) is 1. The van der Waals surface area contributed by atoms with Crippen molar-refractivity contribution in [3.63, 3.8) is 0 Å². The molecule has 0 spiro atoms. The van der Waals surface area contributed by atoms with Crippen LogP contribution in [0.1, 0.15) is 13.3 Å². The topological polar surface area (TPSA) is 67.0 Å². The molecule has 2 aromatic carbocycles. The Morgan fingerprint density at radius 2 is 2.05 bits per heavy atom. The first-order valence-corrected chi connectivity index (χ1v) is 7.13. The fraction of sp³-hybridized carbons (Fsp3) is 0.176. The second kappa shape index (κ2) is 5.89. The number of aromatic amines is 1. The first-order valence-electron chi connectivity index (χ1n) is 7.13. The highest BCUT2D eigenvalue weighted by molar-refractivity contribution is 6.00. The van der Waals surface area contributed by atoms with Crippen molar-refractivity contribution in [3.05, 3.63) is 42.5 Å². The number of benzene rings is 2. The number of rotatable bonds is 4. The summed E-state index contributed by atoms with van der Waals surface area (Å²) in [6, 6.07) is 13.9. The third kappa shape index (κ3) is 2.65. The second-order valence-electron chi connectivity index (χ2n) is 4.97. The Morgan fingerprint density at radius 3 is 2.82 bits per heavy atom. The van der Waals surface area contributed by atoms with Gasteiger partial charge in [-0.2, -0.15) is 5.10 Å². The Labute approximate surface area is 128 Å². The van der Waals surface area contributed by atoms with Crippen LogP contribution in [0.25, 0.3) is 22.0 Å². The quantitative estimate of drug-likeness (QED) is 0.773. The van der Waals surface area contributed by atoms with Crippen molar-refractivity contribution in [2.24, 2.45) is 0 Å². The number of hydrogen-bond donors (Lipinski definition) is 2. The van der Waals surface area contributed by atoms with E-state index >= 15 is 0 Å². The molecule has 5 heteroatoms. The van der Waals surface area contributed by atoms with Crippen molar-refractivity contribution in [2.75, 3.05) is 12.4 Å². The Kier molecular flexibility index (Phi) is 3.78. The lowest BCUT2D eigenvalue weighted by molar-refractivity contribution is -0.115. The van der Waals surface area contributed by atoms with Crippen LogP contribution in [0, 0.1) is 0 Å². The van der Waals surface area contributed by atoms with Crippen LogP contribution in [-0.4, -0.2) is 23.2 Å². The molecule has 0 aliphatic rings. The van der Waals surface area contributed by atoms with E-state index in [-0.39, 0.29) is 5.91 Å². The molecule has 22 heavy (non-hydrogen) atoms. The smallest absolute Gasteiger partial charge is 0.225 e. The van der Waals surface area contributed by atoms with Crippen molar-refractivity contribution in [2.45, 2.75) is 13.3 Å². The molecule has 0 aliphatic carbocycles. The SMILES string of the molecule is CCC(=O)Nc1n[nH]c2cc(-c3cccc(OC)c3)ccc12. The predicted molar refractivity (Wildman–Crippen MR) is 87.0 cm³/mol. The number of fused-ring (bicyclic) bond motifs is 1. The monoisotopic (exact) mass is 295 g/mol. The maximum absolute atomic E-state index is 11.5. The lowest BCUT2D eigenvalue weighted by Crippen LogP contribution is -2.09. The van der Waals surface area contributed by atoms with Crippen LogP contribution < -0.4 is 10.1 Å². The summed E-state index contributed by atoms with van der Waals surface area (Å²) in [5.41, 5.74) is 3.00. The van der Waals surface area contributed by atoms with Crippen molar-refractivity contribution >= 4 is 22.6 Å². The first-order chi connectivity index (χ1) is 10.7. The standard InChI is InChI=1S/C17H17N3O2/c1-3-16(21)18-17-14-8-7-12(10-15(14)19-20-17)11-5-4-6-13(9-11)22-2/h4-10H,3H2,1-2H3,(H2,18,19,20,21). The fourth-order valence-electron chi connectivity index (χ4n) is 2.32. The molecule has 112 valence electrons. The summed E-state index contributed by atoms with van der Waals surface area (Å²) in [5, 5.41) is 10.8. The van der Waals surface area contributed by atoms with Gasteiger partial charge in [0.15, 0.2) is 5.82 Å². The summed E-state index contributed by atoms with van der Waals surface area (Å²) in [6.07, 6.45) is 0.427. The molecule has 0 bridgehead atoms. The summed E-state index contributed by atoms with van der Waals surface area (Å²) in [4.78, 5) is 11.5. The first kappa shape index (κ1) is 14.1. The summed E-state index contributed by atoms with van der Waals surface area (Å²) in [6.45, 7) is 1.81. The molecule has 1 aromatic heterocycles. The van der Waals surface area contributed by atoms with Crippen LogP contribution in [0.2, 0.25) is 0 Å².